The number of hydrogen-bond donors (Lipinski definition) is 2. The summed E-state index contributed by atoms with van der Waals surface area (Å²) in [6, 6.07) is 5.31. The van der Waals surface area contributed by atoms with Crippen LogP contribution in [0.4, 0.5) is 0 Å². The van der Waals surface area contributed by atoms with Gasteiger partial charge in [0.1, 0.15) is 17.1 Å². The van der Waals surface area contributed by atoms with Gasteiger partial charge in [-0.3, -0.25) is 0 Å². The first-order valence-electron chi connectivity index (χ1n) is 8.68. The fourth-order valence-electron chi connectivity index (χ4n) is 2.41. The molecule has 2 aromatic rings. The van der Waals surface area contributed by atoms with Gasteiger partial charge in [-0.15, -0.1) is 0 Å². The molecule has 8 nitrogen and oxygen atoms in total. The van der Waals surface area contributed by atoms with Crippen molar-refractivity contribution < 1.29 is 18.7 Å². The second-order valence-electron chi connectivity index (χ2n) is 5.82. The van der Waals surface area contributed by atoms with E-state index in [1.165, 1.54) is 14.2 Å². The van der Waals surface area contributed by atoms with Gasteiger partial charge in [-0.25, -0.2) is 14.8 Å². The summed E-state index contributed by atoms with van der Waals surface area (Å²) in [5.74, 6) is 2.06. The molecule has 0 unspecified atom stereocenters. The van der Waals surface area contributed by atoms with E-state index < -0.39 is 5.97 Å². The summed E-state index contributed by atoms with van der Waals surface area (Å²) >= 11 is 0. The molecule has 2 N–H and O–H groups in total. The van der Waals surface area contributed by atoms with Crippen molar-refractivity contribution in [3.05, 3.63) is 46.7 Å². The van der Waals surface area contributed by atoms with E-state index in [2.05, 4.69) is 20.6 Å². The predicted octanol–water partition coefficient (Wildman–Crippen LogP) is 2.34. The SMILES string of the molecule is CCNC(=NCc1ccc(OC)c(C(=O)OC)c1)NCc1nc(C)c(C)o1. The summed E-state index contributed by atoms with van der Waals surface area (Å²) in [7, 11) is 2.85. The molecule has 27 heavy (non-hydrogen) atoms. The van der Waals surface area contributed by atoms with Crippen molar-refractivity contribution in [2.24, 2.45) is 4.99 Å². The predicted molar refractivity (Wildman–Crippen MR) is 102 cm³/mol. The maximum atomic E-state index is 11.9. The van der Waals surface area contributed by atoms with Gasteiger partial charge in [0, 0.05) is 6.54 Å². The number of esters is 1. The fourth-order valence-corrected chi connectivity index (χ4v) is 2.41. The first-order valence-corrected chi connectivity index (χ1v) is 8.68. The van der Waals surface area contributed by atoms with Crippen molar-refractivity contribution in [2.45, 2.75) is 33.9 Å². The van der Waals surface area contributed by atoms with Crippen molar-refractivity contribution in [1.82, 2.24) is 15.6 Å². The monoisotopic (exact) mass is 374 g/mol. The average Bonchev–Trinajstić information content (AvgIpc) is 3.00. The minimum atomic E-state index is -0.447. The Balaban J connectivity index is 2.10. The molecular formula is C19H26N4O4. The third-order valence-corrected chi connectivity index (χ3v) is 3.91. The van der Waals surface area contributed by atoms with E-state index >= 15 is 0 Å². The third-order valence-electron chi connectivity index (χ3n) is 3.91. The lowest BCUT2D eigenvalue weighted by molar-refractivity contribution is 0.0597. The first kappa shape index (κ1) is 20.3. The van der Waals surface area contributed by atoms with E-state index in [-0.39, 0.29) is 0 Å². The maximum absolute atomic E-state index is 11.9. The Labute approximate surface area is 159 Å². The van der Waals surface area contributed by atoms with Crippen LogP contribution in [0.2, 0.25) is 0 Å². The quantitative estimate of drug-likeness (QED) is 0.436. The van der Waals surface area contributed by atoms with Crippen LogP contribution in [0.25, 0.3) is 0 Å². The molecule has 0 radical (unpaired) electrons. The van der Waals surface area contributed by atoms with E-state index in [0.29, 0.717) is 42.8 Å². The molecule has 0 aliphatic carbocycles. The molecule has 8 heteroatoms. The normalized spacial score (nSPS) is 11.2. The van der Waals surface area contributed by atoms with Crippen LogP contribution in [-0.4, -0.2) is 37.7 Å². The fraction of sp³-hybridized carbons (Fsp3) is 0.421. The molecule has 146 valence electrons. The number of aromatic nitrogens is 1. The number of rotatable bonds is 7. The highest BCUT2D eigenvalue weighted by Gasteiger charge is 2.13. The molecule has 0 fully saturated rings. The lowest BCUT2D eigenvalue weighted by atomic mass is 10.1. The van der Waals surface area contributed by atoms with E-state index in [1.54, 1.807) is 12.1 Å². The van der Waals surface area contributed by atoms with Crippen LogP contribution in [0.15, 0.2) is 27.6 Å². The first-order chi connectivity index (χ1) is 13.0. The molecule has 0 saturated heterocycles. The summed E-state index contributed by atoms with van der Waals surface area (Å²) in [6.45, 7) is 7.30. The van der Waals surface area contributed by atoms with E-state index in [1.807, 2.05) is 26.8 Å². The zero-order valence-electron chi connectivity index (χ0n) is 16.4. The molecule has 2 rings (SSSR count). The summed E-state index contributed by atoms with van der Waals surface area (Å²) in [5.41, 5.74) is 2.11. The summed E-state index contributed by atoms with van der Waals surface area (Å²) < 4.78 is 15.6. The zero-order valence-corrected chi connectivity index (χ0v) is 16.4. The van der Waals surface area contributed by atoms with Crippen LogP contribution in [0.5, 0.6) is 5.75 Å². The van der Waals surface area contributed by atoms with Crippen molar-refractivity contribution in [3.63, 3.8) is 0 Å². The van der Waals surface area contributed by atoms with Gasteiger partial charge < -0.3 is 24.5 Å². The lowest BCUT2D eigenvalue weighted by Gasteiger charge is -2.11. The van der Waals surface area contributed by atoms with Gasteiger partial charge in [0.15, 0.2) is 5.96 Å². The topological polar surface area (TPSA) is 98.0 Å². The minimum absolute atomic E-state index is 0.372. The standard InChI is InChI=1S/C19H26N4O4/c1-6-20-19(22-11-17-23-12(2)13(3)27-17)21-10-14-7-8-16(25-4)15(9-14)18(24)26-5/h7-9H,6,10-11H2,1-5H3,(H2,20,21,22). The van der Waals surface area contributed by atoms with Gasteiger partial charge in [-0.1, -0.05) is 6.07 Å². The Morgan fingerprint density at radius 2 is 2.04 bits per heavy atom. The summed E-state index contributed by atoms with van der Waals surface area (Å²) in [5, 5.41) is 6.35. The molecular weight excluding hydrogens is 348 g/mol. The summed E-state index contributed by atoms with van der Waals surface area (Å²) in [4.78, 5) is 20.8. The van der Waals surface area contributed by atoms with E-state index in [0.717, 1.165) is 17.0 Å². The van der Waals surface area contributed by atoms with Gasteiger partial charge in [-0.2, -0.15) is 0 Å². The molecule has 0 aliphatic heterocycles. The summed E-state index contributed by atoms with van der Waals surface area (Å²) in [6.07, 6.45) is 0. The highest BCUT2D eigenvalue weighted by Crippen LogP contribution is 2.21. The number of ether oxygens (including phenoxy) is 2. The number of nitrogens with one attached hydrogen (secondary N) is 2. The van der Waals surface area contributed by atoms with Crippen molar-refractivity contribution in [3.8, 4) is 5.75 Å². The largest absolute Gasteiger partial charge is 0.496 e. The second-order valence-corrected chi connectivity index (χ2v) is 5.82. The van der Waals surface area contributed by atoms with Gasteiger partial charge in [0.25, 0.3) is 0 Å². The van der Waals surface area contributed by atoms with Crippen LogP contribution < -0.4 is 15.4 Å². The van der Waals surface area contributed by atoms with Crippen LogP contribution in [0, 0.1) is 13.8 Å². The Hall–Kier alpha value is -3.03. The molecule has 1 heterocycles. The van der Waals surface area contributed by atoms with Gasteiger partial charge in [-0.05, 0) is 38.5 Å². The molecule has 0 atom stereocenters. The molecule has 0 amide bonds. The van der Waals surface area contributed by atoms with Crippen molar-refractivity contribution >= 4 is 11.9 Å². The van der Waals surface area contributed by atoms with E-state index in [9.17, 15) is 4.79 Å². The molecule has 0 spiro atoms. The molecule has 1 aromatic carbocycles. The lowest BCUT2D eigenvalue weighted by Crippen LogP contribution is -2.36. The number of carbonyl (C=O) groups is 1. The Morgan fingerprint density at radius 1 is 1.26 bits per heavy atom. The minimum Gasteiger partial charge on any atom is -0.496 e. The molecule has 0 aliphatic rings. The third kappa shape index (κ3) is 5.47. The van der Waals surface area contributed by atoms with Crippen LogP contribution >= 0.6 is 0 Å². The number of aryl methyl sites for hydroxylation is 2. The Bertz CT molecular complexity index is 795. The number of oxazole rings is 1. The number of benzene rings is 1. The number of methoxy groups -OCH3 is 2. The van der Waals surface area contributed by atoms with Gasteiger partial charge in [0.05, 0.1) is 33.0 Å². The molecule has 0 saturated carbocycles. The molecule has 0 bridgehead atoms. The zero-order chi connectivity index (χ0) is 19.8. The van der Waals surface area contributed by atoms with Crippen LogP contribution in [0.1, 0.15) is 40.2 Å². The smallest absolute Gasteiger partial charge is 0.341 e. The number of carbonyl (C=O) groups excluding carboxylic acids is 1. The average molecular weight is 374 g/mol. The van der Waals surface area contributed by atoms with Crippen molar-refractivity contribution in [2.75, 3.05) is 20.8 Å². The second kappa shape index (κ2) is 9.61. The maximum Gasteiger partial charge on any atom is 0.341 e. The number of nitrogens with zero attached hydrogens (tertiary/aromatic N) is 2. The number of guanidine groups is 1. The van der Waals surface area contributed by atoms with Crippen molar-refractivity contribution in [1.29, 1.82) is 0 Å². The number of hydrogen-bond acceptors (Lipinski definition) is 6. The number of aliphatic imine (C=N–C) groups is 1. The Kier molecular flexibility index (Phi) is 7.22. The van der Waals surface area contributed by atoms with Crippen LogP contribution in [0.3, 0.4) is 0 Å². The van der Waals surface area contributed by atoms with Gasteiger partial charge in [0.2, 0.25) is 5.89 Å². The molecule has 1 aromatic heterocycles. The Morgan fingerprint density at radius 3 is 2.63 bits per heavy atom. The van der Waals surface area contributed by atoms with Gasteiger partial charge >= 0.3 is 5.97 Å². The van der Waals surface area contributed by atoms with Crippen LogP contribution in [-0.2, 0) is 17.8 Å². The highest BCUT2D eigenvalue weighted by molar-refractivity contribution is 5.92. The van der Waals surface area contributed by atoms with E-state index in [4.69, 9.17) is 13.9 Å². The highest BCUT2D eigenvalue weighted by atomic mass is 16.5.